The summed E-state index contributed by atoms with van der Waals surface area (Å²) in [7, 11) is -3.68. The van der Waals surface area contributed by atoms with Crippen LogP contribution in [0.25, 0.3) is 0 Å². The van der Waals surface area contributed by atoms with Gasteiger partial charge in [-0.3, -0.25) is 4.72 Å². The van der Waals surface area contributed by atoms with E-state index in [-0.39, 0.29) is 0 Å². The van der Waals surface area contributed by atoms with Crippen molar-refractivity contribution in [1.29, 1.82) is 0 Å². The first-order valence-electron chi connectivity index (χ1n) is 6.96. The molecule has 0 amide bonds. The number of sulfonamides is 1. The van der Waals surface area contributed by atoms with Gasteiger partial charge in [0.1, 0.15) is 0 Å². The SMILES string of the molecule is [2H][C@](C)(CCCCCC)S(=O)(=O)Nc1ccccc1. The average Bonchev–Trinajstić information content (AvgIpc) is 2.35. The molecule has 1 rings (SSSR count). The van der Waals surface area contributed by atoms with Crippen LogP contribution in [-0.2, 0) is 10.0 Å². The molecular formula is C14H23NO2S. The van der Waals surface area contributed by atoms with Gasteiger partial charge in [-0.1, -0.05) is 50.8 Å². The zero-order valence-electron chi connectivity index (χ0n) is 12.1. The average molecular weight is 270 g/mol. The van der Waals surface area contributed by atoms with Crippen LogP contribution >= 0.6 is 0 Å². The quantitative estimate of drug-likeness (QED) is 0.731. The lowest BCUT2D eigenvalue weighted by Gasteiger charge is -2.14. The molecule has 0 heterocycles. The zero-order valence-corrected chi connectivity index (χ0v) is 12.0. The number of nitrogens with one attached hydrogen (secondary N) is 1. The Kier molecular flexibility index (Phi) is 5.52. The summed E-state index contributed by atoms with van der Waals surface area (Å²) in [5.74, 6) is 0. The van der Waals surface area contributed by atoms with Crippen molar-refractivity contribution in [3.8, 4) is 0 Å². The van der Waals surface area contributed by atoms with Gasteiger partial charge in [-0.25, -0.2) is 8.42 Å². The van der Waals surface area contributed by atoms with E-state index >= 15 is 0 Å². The molecule has 0 aliphatic carbocycles. The molecule has 0 aromatic heterocycles. The van der Waals surface area contributed by atoms with Crippen molar-refractivity contribution in [1.82, 2.24) is 0 Å². The van der Waals surface area contributed by atoms with Crippen LogP contribution in [0.3, 0.4) is 0 Å². The largest absolute Gasteiger partial charge is 0.283 e. The molecule has 1 aromatic carbocycles. The molecule has 4 heteroatoms. The predicted octanol–water partition coefficient (Wildman–Crippen LogP) is 3.79. The highest BCUT2D eigenvalue weighted by atomic mass is 32.2. The van der Waals surface area contributed by atoms with Crippen molar-refractivity contribution in [2.24, 2.45) is 0 Å². The van der Waals surface area contributed by atoms with Gasteiger partial charge in [-0.05, 0) is 25.5 Å². The summed E-state index contributed by atoms with van der Waals surface area (Å²) in [5.41, 5.74) is 0.509. The Morgan fingerprint density at radius 1 is 1.22 bits per heavy atom. The fraction of sp³-hybridized carbons (Fsp3) is 0.571. The van der Waals surface area contributed by atoms with Crippen molar-refractivity contribution in [2.75, 3.05) is 4.72 Å². The number of hydrogen-bond donors (Lipinski definition) is 1. The molecule has 1 N–H and O–H groups in total. The van der Waals surface area contributed by atoms with Gasteiger partial charge in [0.25, 0.3) is 0 Å². The van der Waals surface area contributed by atoms with E-state index in [0.29, 0.717) is 12.1 Å². The molecule has 1 atom stereocenters. The minimum Gasteiger partial charge on any atom is -0.283 e. The summed E-state index contributed by atoms with van der Waals surface area (Å²) >= 11 is 0. The van der Waals surface area contributed by atoms with Gasteiger partial charge >= 0.3 is 0 Å². The lowest BCUT2D eigenvalue weighted by atomic mass is 10.1. The van der Waals surface area contributed by atoms with Gasteiger partial charge in [-0.2, -0.15) is 0 Å². The second-order valence-corrected chi connectivity index (χ2v) is 6.39. The van der Waals surface area contributed by atoms with Gasteiger partial charge in [0.15, 0.2) is 0 Å². The normalized spacial score (nSPS) is 15.8. The Morgan fingerprint density at radius 3 is 2.50 bits per heavy atom. The Bertz CT molecular complexity index is 471. The number of unbranched alkanes of at least 4 members (excludes halogenated alkanes) is 3. The summed E-state index contributed by atoms with van der Waals surface area (Å²) in [4.78, 5) is 0. The fourth-order valence-electron chi connectivity index (χ4n) is 1.68. The molecule has 3 nitrogen and oxygen atoms in total. The van der Waals surface area contributed by atoms with Crippen molar-refractivity contribution >= 4 is 15.7 Å². The summed E-state index contributed by atoms with van der Waals surface area (Å²) in [5, 5.41) is -1.49. The third-order valence-corrected chi connectivity index (χ3v) is 4.49. The molecule has 0 spiro atoms. The van der Waals surface area contributed by atoms with Gasteiger partial charge in [0, 0.05) is 7.06 Å². The number of anilines is 1. The predicted molar refractivity (Wildman–Crippen MR) is 77.2 cm³/mol. The number of benzene rings is 1. The molecule has 0 bridgehead atoms. The second kappa shape index (κ2) is 7.41. The highest BCUT2D eigenvalue weighted by Crippen LogP contribution is 2.15. The molecule has 18 heavy (non-hydrogen) atoms. The highest BCUT2D eigenvalue weighted by molar-refractivity contribution is 7.93. The third kappa shape index (κ3) is 5.08. The molecule has 1 aromatic rings. The fourth-order valence-corrected chi connectivity index (χ4v) is 2.72. The maximum Gasteiger partial charge on any atom is 0.235 e. The van der Waals surface area contributed by atoms with E-state index in [1.807, 2.05) is 6.07 Å². The smallest absolute Gasteiger partial charge is 0.235 e. The molecule has 0 saturated carbocycles. The van der Waals surface area contributed by atoms with E-state index in [2.05, 4.69) is 11.6 Å². The standard InChI is InChI=1S/C14H23NO2S/c1-3-4-5-7-10-13(2)18(16,17)15-14-11-8-6-9-12-14/h6,8-9,11-13,15H,3-5,7,10H2,1-2H3/t13-/m0/s1/i13D. The molecule has 0 radical (unpaired) electrons. The Morgan fingerprint density at radius 2 is 1.89 bits per heavy atom. The van der Waals surface area contributed by atoms with Crippen molar-refractivity contribution in [2.45, 2.75) is 51.2 Å². The lowest BCUT2D eigenvalue weighted by Crippen LogP contribution is -2.25. The van der Waals surface area contributed by atoms with Crippen LogP contribution < -0.4 is 4.72 Å². The van der Waals surface area contributed by atoms with E-state index in [9.17, 15) is 8.42 Å². The van der Waals surface area contributed by atoms with Gasteiger partial charge in [0.05, 0.1) is 5.23 Å². The maximum absolute atomic E-state index is 12.2. The van der Waals surface area contributed by atoms with Gasteiger partial charge in [0.2, 0.25) is 10.0 Å². The minimum atomic E-state index is -3.68. The maximum atomic E-state index is 12.2. The lowest BCUT2D eigenvalue weighted by molar-refractivity contribution is 0.567. The molecule has 0 fully saturated rings. The van der Waals surface area contributed by atoms with Gasteiger partial charge in [-0.15, -0.1) is 0 Å². The summed E-state index contributed by atoms with van der Waals surface area (Å²) in [6, 6.07) is 8.72. The van der Waals surface area contributed by atoms with E-state index in [4.69, 9.17) is 1.37 Å². The Labute approximate surface area is 112 Å². The highest BCUT2D eigenvalue weighted by Gasteiger charge is 2.19. The summed E-state index contributed by atoms with van der Waals surface area (Å²) in [6.45, 7) is 3.57. The first-order chi connectivity index (χ1) is 8.89. The van der Waals surface area contributed by atoms with Crippen molar-refractivity contribution in [3.05, 3.63) is 30.3 Å². The van der Waals surface area contributed by atoms with E-state index in [1.165, 1.54) is 6.92 Å². The van der Waals surface area contributed by atoms with Crippen LogP contribution in [0.4, 0.5) is 5.69 Å². The van der Waals surface area contributed by atoms with E-state index in [1.54, 1.807) is 24.3 Å². The molecule has 102 valence electrons. The monoisotopic (exact) mass is 270 g/mol. The molecule has 0 unspecified atom stereocenters. The van der Waals surface area contributed by atoms with Crippen LogP contribution in [0.1, 0.15) is 47.3 Å². The first kappa shape index (κ1) is 13.4. The minimum absolute atomic E-state index is 0.356. The first-order valence-corrected chi connectivity index (χ1v) is 7.95. The molecule has 0 aliphatic heterocycles. The number of rotatable bonds is 8. The van der Waals surface area contributed by atoms with Crippen LogP contribution in [0, 0.1) is 0 Å². The zero-order chi connectivity index (χ0) is 14.4. The second-order valence-electron chi connectivity index (χ2n) is 4.48. The van der Waals surface area contributed by atoms with E-state index in [0.717, 1.165) is 25.7 Å². The van der Waals surface area contributed by atoms with Crippen LogP contribution in [0.15, 0.2) is 30.3 Å². The number of para-hydroxylation sites is 1. The van der Waals surface area contributed by atoms with Crippen molar-refractivity contribution in [3.63, 3.8) is 0 Å². The molecule has 0 aliphatic rings. The third-order valence-electron chi connectivity index (χ3n) is 2.87. The van der Waals surface area contributed by atoms with Crippen LogP contribution in [0.5, 0.6) is 0 Å². The van der Waals surface area contributed by atoms with Crippen LogP contribution in [-0.4, -0.2) is 13.6 Å². The van der Waals surface area contributed by atoms with E-state index < -0.39 is 15.2 Å². The number of hydrogen-bond acceptors (Lipinski definition) is 2. The molecule has 0 saturated heterocycles. The van der Waals surface area contributed by atoms with Crippen LogP contribution in [0.2, 0.25) is 0 Å². The topological polar surface area (TPSA) is 46.2 Å². The summed E-state index contributed by atoms with van der Waals surface area (Å²) in [6.07, 6.45) is 4.29. The Hall–Kier alpha value is -1.03. The van der Waals surface area contributed by atoms with Crippen molar-refractivity contribution < 1.29 is 9.79 Å². The molecular weight excluding hydrogens is 246 g/mol. The summed E-state index contributed by atoms with van der Waals surface area (Å²) < 4.78 is 34.9. The van der Waals surface area contributed by atoms with Gasteiger partial charge < -0.3 is 0 Å². The Balaban J connectivity index is 2.64.